The monoisotopic (exact) mass is 291 g/mol. The maximum atomic E-state index is 11.6. The highest BCUT2D eigenvalue weighted by Gasteiger charge is 2.24. The van der Waals surface area contributed by atoms with Crippen molar-refractivity contribution in [1.82, 2.24) is 15.6 Å². The Balaban J connectivity index is 2.34. The smallest absolute Gasteiger partial charge is 0.326 e. The molecule has 2 heterocycles. The SMILES string of the molecule is CCOC(OCC)c1cccnc1/C=C1\NC(=O)NC1=O. The van der Waals surface area contributed by atoms with Crippen molar-refractivity contribution >= 4 is 18.0 Å². The Morgan fingerprint density at radius 3 is 2.52 bits per heavy atom. The predicted molar refractivity (Wildman–Crippen MR) is 74.9 cm³/mol. The minimum atomic E-state index is -0.569. The molecule has 2 rings (SSSR count). The number of rotatable bonds is 6. The van der Waals surface area contributed by atoms with E-state index in [1.54, 1.807) is 12.3 Å². The molecule has 1 aliphatic rings. The summed E-state index contributed by atoms with van der Waals surface area (Å²) in [6, 6.07) is 3.02. The average molecular weight is 291 g/mol. The van der Waals surface area contributed by atoms with E-state index in [9.17, 15) is 9.59 Å². The van der Waals surface area contributed by atoms with Crippen molar-refractivity contribution in [2.75, 3.05) is 13.2 Å². The van der Waals surface area contributed by atoms with E-state index < -0.39 is 18.2 Å². The molecule has 7 nitrogen and oxygen atoms in total. The number of nitrogens with zero attached hydrogens (tertiary/aromatic N) is 1. The quantitative estimate of drug-likeness (QED) is 0.469. The highest BCUT2D eigenvalue weighted by atomic mass is 16.7. The van der Waals surface area contributed by atoms with Crippen molar-refractivity contribution in [3.8, 4) is 0 Å². The Kier molecular flexibility index (Phi) is 5.02. The van der Waals surface area contributed by atoms with Crippen LogP contribution in [0.1, 0.15) is 31.4 Å². The first-order chi connectivity index (χ1) is 10.2. The van der Waals surface area contributed by atoms with Crippen LogP contribution < -0.4 is 10.6 Å². The molecule has 21 heavy (non-hydrogen) atoms. The number of carbonyl (C=O) groups excluding carboxylic acids is 2. The second-order valence-electron chi connectivity index (χ2n) is 4.19. The van der Waals surface area contributed by atoms with Gasteiger partial charge >= 0.3 is 6.03 Å². The van der Waals surface area contributed by atoms with Crippen molar-refractivity contribution in [3.05, 3.63) is 35.3 Å². The van der Waals surface area contributed by atoms with Crippen molar-refractivity contribution in [2.45, 2.75) is 20.1 Å². The Hall–Kier alpha value is -2.25. The van der Waals surface area contributed by atoms with Crippen LogP contribution in [0.2, 0.25) is 0 Å². The van der Waals surface area contributed by atoms with Gasteiger partial charge in [0.2, 0.25) is 0 Å². The summed E-state index contributed by atoms with van der Waals surface area (Å²) in [5.74, 6) is -0.485. The van der Waals surface area contributed by atoms with Gasteiger partial charge in [0.1, 0.15) is 5.70 Å². The molecule has 3 amide bonds. The number of hydrogen-bond donors (Lipinski definition) is 2. The predicted octanol–water partition coefficient (Wildman–Crippen LogP) is 1.33. The lowest BCUT2D eigenvalue weighted by molar-refractivity contribution is -0.140. The molecule has 1 aromatic heterocycles. The molecule has 0 saturated carbocycles. The van der Waals surface area contributed by atoms with Gasteiger partial charge in [-0.2, -0.15) is 0 Å². The fourth-order valence-corrected chi connectivity index (χ4v) is 1.90. The van der Waals surface area contributed by atoms with Crippen molar-refractivity contribution < 1.29 is 19.1 Å². The van der Waals surface area contributed by atoms with Gasteiger partial charge in [0.05, 0.1) is 5.69 Å². The molecule has 1 fully saturated rings. The van der Waals surface area contributed by atoms with E-state index in [1.165, 1.54) is 6.08 Å². The summed E-state index contributed by atoms with van der Waals surface area (Å²) < 4.78 is 11.1. The molecule has 1 saturated heterocycles. The maximum absolute atomic E-state index is 11.6. The van der Waals surface area contributed by atoms with E-state index in [2.05, 4.69) is 15.6 Å². The van der Waals surface area contributed by atoms with Crippen molar-refractivity contribution in [2.24, 2.45) is 0 Å². The zero-order valence-electron chi connectivity index (χ0n) is 11.9. The molecular formula is C14H17N3O4. The summed E-state index contributed by atoms with van der Waals surface area (Å²) in [6.45, 7) is 4.69. The molecule has 1 aromatic rings. The third-order valence-electron chi connectivity index (χ3n) is 2.76. The molecule has 0 bridgehead atoms. The number of pyridine rings is 1. The van der Waals surface area contributed by atoms with Crippen LogP contribution >= 0.6 is 0 Å². The molecule has 112 valence electrons. The molecule has 7 heteroatoms. The summed E-state index contributed by atoms with van der Waals surface area (Å²) in [6.07, 6.45) is 2.53. The van der Waals surface area contributed by atoms with Gasteiger partial charge in [-0.3, -0.25) is 15.1 Å². The van der Waals surface area contributed by atoms with Crippen LogP contribution in [0.5, 0.6) is 0 Å². The third kappa shape index (κ3) is 3.65. The van der Waals surface area contributed by atoms with Crippen LogP contribution in [0.15, 0.2) is 24.0 Å². The fourth-order valence-electron chi connectivity index (χ4n) is 1.90. The number of aromatic nitrogens is 1. The Bertz CT molecular complexity index is 565. The van der Waals surface area contributed by atoms with Crippen LogP contribution in [-0.4, -0.2) is 30.1 Å². The Morgan fingerprint density at radius 2 is 1.95 bits per heavy atom. The molecule has 0 aliphatic carbocycles. The topological polar surface area (TPSA) is 89.6 Å². The van der Waals surface area contributed by atoms with E-state index in [0.717, 1.165) is 0 Å². The van der Waals surface area contributed by atoms with E-state index in [-0.39, 0.29) is 5.70 Å². The van der Waals surface area contributed by atoms with Gasteiger partial charge in [0, 0.05) is 25.0 Å². The van der Waals surface area contributed by atoms with Gasteiger partial charge in [0.15, 0.2) is 6.29 Å². The highest BCUT2D eigenvalue weighted by molar-refractivity contribution is 6.13. The fraction of sp³-hybridized carbons (Fsp3) is 0.357. The largest absolute Gasteiger partial charge is 0.349 e. The minimum absolute atomic E-state index is 0.145. The molecular weight excluding hydrogens is 274 g/mol. The second-order valence-corrected chi connectivity index (χ2v) is 4.19. The van der Waals surface area contributed by atoms with Gasteiger partial charge in [-0.05, 0) is 26.0 Å². The van der Waals surface area contributed by atoms with E-state index >= 15 is 0 Å². The van der Waals surface area contributed by atoms with Gasteiger partial charge in [-0.1, -0.05) is 6.07 Å². The summed E-state index contributed by atoms with van der Waals surface area (Å²) >= 11 is 0. The van der Waals surface area contributed by atoms with Crippen LogP contribution in [0, 0.1) is 0 Å². The number of imide groups is 1. The summed E-state index contributed by atoms with van der Waals surface area (Å²) in [5, 5.41) is 4.56. The van der Waals surface area contributed by atoms with Crippen LogP contribution in [0.4, 0.5) is 4.79 Å². The van der Waals surface area contributed by atoms with E-state index in [1.807, 2.05) is 19.9 Å². The molecule has 0 aromatic carbocycles. The second kappa shape index (κ2) is 6.96. The lowest BCUT2D eigenvalue weighted by atomic mass is 10.1. The van der Waals surface area contributed by atoms with Crippen LogP contribution in [0.3, 0.4) is 0 Å². The molecule has 0 atom stereocenters. The Morgan fingerprint density at radius 1 is 1.24 bits per heavy atom. The summed E-state index contributed by atoms with van der Waals surface area (Å²) in [7, 11) is 0. The molecule has 0 spiro atoms. The standard InChI is InChI=1S/C14H17N3O4/c1-3-20-13(21-4-2)9-6-5-7-15-10(9)8-11-12(18)17-14(19)16-11/h5-8,13H,3-4H2,1-2H3,(H2,16,17,18,19)/b11-8-. The first-order valence-corrected chi connectivity index (χ1v) is 6.67. The number of nitrogens with one attached hydrogen (secondary N) is 2. The average Bonchev–Trinajstić information content (AvgIpc) is 2.77. The number of amides is 3. The first-order valence-electron chi connectivity index (χ1n) is 6.67. The van der Waals surface area contributed by atoms with Crippen LogP contribution in [-0.2, 0) is 14.3 Å². The zero-order chi connectivity index (χ0) is 15.2. The van der Waals surface area contributed by atoms with Gasteiger partial charge in [-0.15, -0.1) is 0 Å². The van der Waals surface area contributed by atoms with Crippen molar-refractivity contribution in [1.29, 1.82) is 0 Å². The zero-order valence-corrected chi connectivity index (χ0v) is 11.9. The lowest BCUT2D eigenvalue weighted by Crippen LogP contribution is -2.22. The molecule has 0 radical (unpaired) electrons. The van der Waals surface area contributed by atoms with Gasteiger partial charge < -0.3 is 14.8 Å². The van der Waals surface area contributed by atoms with Gasteiger partial charge in [-0.25, -0.2) is 4.79 Å². The molecule has 0 unspecified atom stereocenters. The van der Waals surface area contributed by atoms with E-state index in [4.69, 9.17) is 9.47 Å². The van der Waals surface area contributed by atoms with Crippen molar-refractivity contribution in [3.63, 3.8) is 0 Å². The highest BCUT2D eigenvalue weighted by Crippen LogP contribution is 2.23. The molecule has 1 aliphatic heterocycles. The minimum Gasteiger partial charge on any atom is -0.349 e. The Labute approximate surface area is 122 Å². The summed E-state index contributed by atoms with van der Waals surface area (Å²) in [5.41, 5.74) is 1.35. The number of hydrogen-bond acceptors (Lipinski definition) is 5. The summed E-state index contributed by atoms with van der Waals surface area (Å²) in [4.78, 5) is 26.9. The number of carbonyl (C=O) groups is 2. The maximum Gasteiger partial charge on any atom is 0.326 e. The van der Waals surface area contributed by atoms with Crippen LogP contribution in [0.25, 0.3) is 6.08 Å². The third-order valence-corrected chi connectivity index (χ3v) is 2.76. The lowest BCUT2D eigenvalue weighted by Gasteiger charge is -2.18. The normalized spacial score (nSPS) is 16.4. The molecule has 2 N–H and O–H groups in total. The van der Waals surface area contributed by atoms with Gasteiger partial charge in [0.25, 0.3) is 5.91 Å². The number of urea groups is 1. The van der Waals surface area contributed by atoms with E-state index in [0.29, 0.717) is 24.5 Å². The first kappa shape index (κ1) is 15.1. The number of ether oxygens (including phenoxy) is 2.